The van der Waals surface area contributed by atoms with Crippen molar-refractivity contribution in [2.75, 3.05) is 14.1 Å². The molecule has 1 unspecified atom stereocenters. The third-order valence-corrected chi connectivity index (χ3v) is 7.70. The Morgan fingerprint density at radius 2 is 1.03 bits per heavy atom. The van der Waals surface area contributed by atoms with Gasteiger partial charge < -0.3 is 16.9 Å². The molecular formula is C30H57ClN2. The summed E-state index contributed by atoms with van der Waals surface area (Å²) in [6.45, 7) is 5.56. The van der Waals surface area contributed by atoms with E-state index in [0.717, 1.165) is 23.9 Å². The number of quaternary nitrogens is 1. The molecule has 2 nitrogen and oxygen atoms in total. The smallest absolute Gasteiger partial charge is 0.150 e. The van der Waals surface area contributed by atoms with Gasteiger partial charge in [0.2, 0.25) is 0 Å². The predicted octanol–water partition coefficient (Wildman–Crippen LogP) is 5.98. The monoisotopic (exact) mass is 480 g/mol. The van der Waals surface area contributed by atoms with Gasteiger partial charge in [0.25, 0.3) is 0 Å². The van der Waals surface area contributed by atoms with Gasteiger partial charge in [-0.1, -0.05) is 140 Å². The van der Waals surface area contributed by atoms with Crippen LogP contribution < -0.4 is 18.1 Å². The molecule has 0 aliphatic heterocycles. The van der Waals surface area contributed by atoms with Gasteiger partial charge in [-0.25, -0.2) is 0 Å². The highest BCUT2D eigenvalue weighted by Gasteiger charge is 2.39. The zero-order valence-electron chi connectivity index (χ0n) is 22.7. The van der Waals surface area contributed by atoms with Crippen LogP contribution in [-0.2, 0) is 6.54 Å². The summed E-state index contributed by atoms with van der Waals surface area (Å²) in [5, 5.41) is 0. The van der Waals surface area contributed by atoms with E-state index in [9.17, 15) is 0 Å². The minimum atomic E-state index is -0.133. The average Bonchev–Trinajstić information content (AvgIpc) is 2.78. The Morgan fingerprint density at radius 1 is 0.636 bits per heavy atom. The van der Waals surface area contributed by atoms with Crippen molar-refractivity contribution in [3.8, 4) is 0 Å². The Labute approximate surface area is 214 Å². The van der Waals surface area contributed by atoms with Crippen LogP contribution in [0.15, 0.2) is 30.3 Å². The van der Waals surface area contributed by atoms with Gasteiger partial charge in [0.15, 0.2) is 0 Å². The van der Waals surface area contributed by atoms with Gasteiger partial charge in [-0.2, -0.15) is 0 Å². The van der Waals surface area contributed by atoms with Crippen molar-refractivity contribution >= 4 is 0 Å². The first kappa shape index (κ1) is 32.4. The highest BCUT2D eigenvalue weighted by Crippen LogP contribution is 2.28. The molecule has 2 N–H and O–H groups in total. The molecule has 0 aliphatic carbocycles. The van der Waals surface area contributed by atoms with Gasteiger partial charge >= 0.3 is 0 Å². The van der Waals surface area contributed by atoms with Gasteiger partial charge in [-0.05, 0) is 6.42 Å². The van der Waals surface area contributed by atoms with Gasteiger partial charge in [-0.3, -0.25) is 5.73 Å². The van der Waals surface area contributed by atoms with Crippen molar-refractivity contribution in [3.05, 3.63) is 35.9 Å². The lowest BCUT2D eigenvalue weighted by atomic mass is 9.94. The fraction of sp³-hybridized carbons (Fsp3) is 0.800. The number of unbranched alkanes of at least 4 members (excludes halogenated alkanes) is 15. The molecule has 1 aromatic rings. The summed E-state index contributed by atoms with van der Waals surface area (Å²) < 4.78 is 0.867. The first-order chi connectivity index (χ1) is 15.4. The highest BCUT2D eigenvalue weighted by atomic mass is 35.5. The summed E-state index contributed by atoms with van der Waals surface area (Å²) in [4.78, 5) is 0. The Kier molecular flexibility index (Phi) is 19.4. The van der Waals surface area contributed by atoms with Crippen LogP contribution in [0.2, 0.25) is 0 Å². The van der Waals surface area contributed by atoms with E-state index < -0.39 is 0 Å². The van der Waals surface area contributed by atoms with E-state index in [1.54, 1.807) is 0 Å². The second-order valence-corrected chi connectivity index (χ2v) is 10.8. The Bertz CT molecular complexity index is 545. The minimum absolute atomic E-state index is 0. The van der Waals surface area contributed by atoms with Crippen molar-refractivity contribution in [1.82, 2.24) is 0 Å². The quantitative estimate of drug-likeness (QED) is 0.131. The van der Waals surface area contributed by atoms with Crippen molar-refractivity contribution in [3.63, 3.8) is 0 Å². The number of halogens is 1. The number of rotatable bonds is 21. The van der Waals surface area contributed by atoms with E-state index in [0.29, 0.717) is 0 Å². The molecule has 0 saturated carbocycles. The summed E-state index contributed by atoms with van der Waals surface area (Å²) in [6, 6.07) is 10.8. The summed E-state index contributed by atoms with van der Waals surface area (Å²) >= 11 is 0. The summed E-state index contributed by atoms with van der Waals surface area (Å²) in [5.74, 6) is 0. The minimum Gasteiger partial charge on any atom is -1.00 e. The summed E-state index contributed by atoms with van der Waals surface area (Å²) in [7, 11) is 4.62. The third-order valence-electron chi connectivity index (χ3n) is 7.70. The average molecular weight is 481 g/mol. The summed E-state index contributed by atoms with van der Waals surface area (Å²) in [6.07, 6.45) is 24.9. The largest absolute Gasteiger partial charge is 1.00 e. The first-order valence-corrected chi connectivity index (χ1v) is 14.1. The van der Waals surface area contributed by atoms with Gasteiger partial charge in [0, 0.05) is 18.4 Å². The molecule has 1 atom stereocenters. The van der Waals surface area contributed by atoms with Gasteiger partial charge in [0.1, 0.15) is 12.2 Å². The molecule has 33 heavy (non-hydrogen) atoms. The van der Waals surface area contributed by atoms with Crippen molar-refractivity contribution in [1.29, 1.82) is 0 Å². The fourth-order valence-electron chi connectivity index (χ4n) is 5.08. The molecule has 0 fully saturated rings. The second-order valence-electron chi connectivity index (χ2n) is 10.8. The number of hydrogen-bond acceptors (Lipinski definition) is 1. The first-order valence-electron chi connectivity index (χ1n) is 14.1. The molecule has 0 spiro atoms. The van der Waals surface area contributed by atoms with Crippen LogP contribution in [0.5, 0.6) is 0 Å². The molecule has 0 heterocycles. The molecule has 3 heteroatoms. The van der Waals surface area contributed by atoms with Crippen LogP contribution in [0.3, 0.4) is 0 Å². The lowest BCUT2D eigenvalue weighted by Crippen LogP contribution is -3.00. The molecule has 0 aliphatic rings. The maximum atomic E-state index is 6.96. The normalized spacial score (nSPS) is 13.5. The van der Waals surface area contributed by atoms with Gasteiger partial charge in [-0.15, -0.1) is 0 Å². The maximum Gasteiger partial charge on any atom is 0.150 e. The zero-order valence-corrected chi connectivity index (χ0v) is 23.5. The number of nitrogens with two attached hydrogens (primary N) is 1. The Hall–Kier alpha value is -0.570. The third kappa shape index (κ3) is 14.4. The van der Waals surface area contributed by atoms with Crippen molar-refractivity contribution in [2.24, 2.45) is 5.73 Å². The summed E-state index contributed by atoms with van der Waals surface area (Å²) in [5.41, 5.74) is 8.20. The van der Waals surface area contributed by atoms with Crippen molar-refractivity contribution < 1.29 is 16.9 Å². The fourth-order valence-corrected chi connectivity index (χ4v) is 5.08. The van der Waals surface area contributed by atoms with Crippen LogP contribution >= 0.6 is 0 Å². The molecule has 1 rings (SSSR count). The van der Waals surface area contributed by atoms with E-state index in [1.807, 2.05) is 0 Å². The van der Waals surface area contributed by atoms with E-state index >= 15 is 0 Å². The Morgan fingerprint density at radius 3 is 1.42 bits per heavy atom. The number of nitrogens with zero attached hydrogens (tertiary/aromatic N) is 1. The highest BCUT2D eigenvalue weighted by molar-refractivity contribution is 5.13. The van der Waals surface area contributed by atoms with Gasteiger partial charge in [0.05, 0.1) is 14.1 Å². The maximum absolute atomic E-state index is 6.96. The number of benzene rings is 1. The molecule has 1 aromatic carbocycles. The molecule has 0 saturated heterocycles. The van der Waals surface area contributed by atoms with Crippen LogP contribution in [0, 0.1) is 0 Å². The van der Waals surface area contributed by atoms with Crippen LogP contribution in [0.4, 0.5) is 0 Å². The molecule has 0 bridgehead atoms. The zero-order chi connectivity index (χ0) is 23.5. The molecule has 194 valence electrons. The van der Waals surface area contributed by atoms with E-state index in [4.69, 9.17) is 5.73 Å². The lowest BCUT2D eigenvalue weighted by Gasteiger charge is -2.46. The second kappa shape index (κ2) is 19.7. The predicted molar refractivity (Wildman–Crippen MR) is 144 cm³/mol. The topological polar surface area (TPSA) is 26.0 Å². The molecular weight excluding hydrogens is 424 g/mol. The van der Waals surface area contributed by atoms with Crippen LogP contribution in [-0.4, -0.2) is 24.2 Å². The molecule has 0 amide bonds. The van der Waals surface area contributed by atoms with E-state index in [1.165, 1.54) is 108 Å². The number of hydrogen-bond donors (Lipinski definition) is 1. The standard InChI is InChI=1S/C30H57N2.ClH/c1-5-7-8-9-10-11-12-13-14-15-16-17-18-19-20-24-27-30(31,6-2)32(3,4)28-29-25-22-21-23-26-29;/h21-23,25-26H,5-20,24,27-28,31H2,1-4H3;1H/q+1;/p-1. The Balaban J connectivity index is 0.0000102. The van der Waals surface area contributed by atoms with Crippen LogP contribution in [0.1, 0.15) is 135 Å². The SMILES string of the molecule is CCCCCCCCCCCCCCCCCCC(N)(CC)[N+](C)(C)Cc1ccccc1.[Cl-]. The van der Waals surface area contributed by atoms with E-state index in [2.05, 4.69) is 58.3 Å². The molecule has 0 aromatic heterocycles. The lowest BCUT2D eigenvalue weighted by molar-refractivity contribution is -0.955. The van der Waals surface area contributed by atoms with E-state index in [-0.39, 0.29) is 18.1 Å². The van der Waals surface area contributed by atoms with Crippen LogP contribution in [0.25, 0.3) is 0 Å². The molecule has 0 radical (unpaired) electrons. The van der Waals surface area contributed by atoms with Crippen molar-refractivity contribution in [2.45, 2.75) is 142 Å².